The number of benzene rings is 1. The molecule has 1 rings (SSSR count). The lowest BCUT2D eigenvalue weighted by atomic mass is 10.2. The van der Waals surface area contributed by atoms with Gasteiger partial charge in [-0.25, -0.2) is 9.18 Å². The number of alkyl halides is 3. The van der Waals surface area contributed by atoms with Gasteiger partial charge in [0.15, 0.2) is 6.61 Å². The van der Waals surface area contributed by atoms with Crippen LogP contribution in [0, 0.1) is 5.82 Å². The molecule has 0 unspecified atom stereocenters. The van der Waals surface area contributed by atoms with Gasteiger partial charge in [-0.1, -0.05) is 0 Å². The minimum Gasteiger partial charge on any atom is -0.452 e. The van der Waals surface area contributed by atoms with Crippen molar-refractivity contribution in [1.82, 2.24) is 0 Å². The number of halogens is 4. The van der Waals surface area contributed by atoms with Crippen molar-refractivity contribution in [2.75, 3.05) is 12.3 Å². The van der Waals surface area contributed by atoms with E-state index in [9.17, 15) is 22.4 Å². The Bertz CT molecular complexity index is 383. The lowest BCUT2D eigenvalue weighted by molar-refractivity contribution is -0.161. The summed E-state index contributed by atoms with van der Waals surface area (Å²) in [7, 11) is 0. The average Bonchev–Trinajstić information content (AvgIpc) is 2.11. The molecule has 0 saturated heterocycles. The highest BCUT2D eigenvalue weighted by molar-refractivity contribution is 5.90. The Morgan fingerprint density at radius 2 is 1.94 bits per heavy atom. The molecular formula is C9H7F4NO2. The molecule has 2 N–H and O–H groups in total. The quantitative estimate of drug-likeness (QED) is 0.487. The Kier molecular flexibility index (Phi) is 3.36. The van der Waals surface area contributed by atoms with Crippen LogP contribution in [0.3, 0.4) is 0 Å². The first-order valence-electron chi connectivity index (χ1n) is 4.08. The average molecular weight is 237 g/mol. The van der Waals surface area contributed by atoms with Crippen LogP contribution in [0.1, 0.15) is 10.4 Å². The zero-order valence-electron chi connectivity index (χ0n) is 7.84. The second kappa shape index (κ2) is 4.38. The van der Waals surface area contributed by atoms with Gasteiger partial charge in [-0.3, -0.25) is 0 Å². The van der Waals surface area contributed by atoms with Gasteiger partial charge in [0.2, 0.25) is 0 Å². The zero-order valence-corrected chi connectivity index (χ0v) is 7.84. The molecule has 7 heteroatoms. The molecule has 0 fully saturated rings. The van der Waals surface area contributed by atoms with E-state index >= 15 is 0 Å². The van der Waals surface area contributed by atoms with Gasteiger partial charge in [-0.15, -0.1) is 0 Å². The monoisotopic (exact) mass is 237 g/mol. The van der Waals surface area contributed by atoms with Gasteiger partial charge in [0, 0.05) is 5.69 Å². The maximum atomic E-state index is 12.8. The number of carbonyl (C=O) groups excluding carboxylic acids is 1. The maximum absolute atomic E-state index is 12.8. The first-order chi connectivity index (χ1) is 7.28. The maximum Gasteiger partial charge on any atom is 0.422 e. The van der Waals surface area contributed by atoms with E-state index in [1.807, 2.05) is 0 Å². The van der Waals surface area contributed by atoms with Crippen LogP contribution in [-0.4, -0.2) is 18.8 Å². The van der Waals surface area contributed by atoms with Crippen LogP contribution in [0.15, 0.2) is 18.2 Å². The van der Waals surface area contributed by atoms with Gasteiger partial charge in [-0.2, -0.15) is 13.2 Å². The summed E-state index contributed by atoms with van der Waals surface area (Å²) in [6.07, 6.45) is -4.62. The largest absolute Gasteiger partial charge is 0.452 e. The number of ether oxygens (including phenoxy) is 1. The Labute approximate surface area is 87.8 Å². The van der Waals surface area contributed by atoms with Crippen LogP contribution < -0.4 is 5.73 Å². The molecule has 16 heavy (non-hydrogen) atoms. The second-order valence-corrected chi connectivity index (χ2v) is 2.96. The summed E-state index contributed by atoms with van der Waals surface area (Å²) in [5, 5.41) is 0. The first kappa shape index (κ1) is 12.3. The van der Waals surface area contributed by atoms with Crippen molar-refractivity contribution in [2.24, 2.45) is 0 Å². The normalized spacial score (nSPS) is 11.2. The molecule has 0 aromatic heterocycles. The van der Waals surface area contributed by atoms with E-state index in [4.69, 9.17) is 5.73 Å². The number of hydrogen-bond acceptors (Lipinski definition) is 3. The highest BCUT2D eigenvalue weighted by atomic mass is 19.4. The summed E-state index contributed by atoms with van der Waals surface area (Å²) in [5.74, 6) is -2.09. The fraction of sp³-hybridized carbons (Fsp3) is 0.222. The molecule has 88 valence electrons. The number of anilines is 1. The van der Waals surface area contributed by atoms with E-state index in [1.54, 1.807) is 0 Å². The first-order valence-corrected chi connectivity index (χ1v) is 4.08. The predicted octanol–water partition coefficient (Wildman–Crippen LogP) is 2.13. The minimum absolute atomic E-state index is 0.0704. The molecule has 3 nitrogen and oxygen atoms in total. The van der Waals surface area contributed by atoms with Gasteiger partial charge in [0.1, 0.15) is 5.82 Å². The fourth-order valence-corrected chi connectivity index (χ4v) is 0.961. The van der Waals surface area contributed by atoms with Crippen molar-refractivity contribution in [3.05, 3.63) is 29.6 Å². The molecule has 0 aliphatic heterocycles. The Morgan fingerprint density at radius 1 is 1.31 bits per heavy atom. The molecule has 0 saturated carbocycles. The number of rotatable bonds is 2. The molecule has 0 aliphatic carbocycles. The van der Waals surface area contributed by atoms with Crippen molar-refractivity contribution < 1.29 is 27.1 Å². The number of nitrogens with two attached hydrogens (primary N) is 1. The molecule has 0 spiro atoms. The third-order valence-corrected chi connectivity index (χ3v) is 1.52. The molecule has 0 amide bonds. The summed E-state index contributed by atoms with van der Waals surface area (Å²) in [4.78, 5) is 11.1. The third-order valence-electron chi connectivity index (χ3n) is 1.52. The van der Waals surface area contributed by atoms with Crippen LogP contribution in [-0.2, 0) is 4.74 Å². The molecule has 1 aromatic rings. The number of carbonyl (C=O) groups is 1. The minimum atomic E-state index is -4.62. The van der Waals surface area contributed by atoms with Gasteiger partial charge in [0.05, 0.1) is 5.56 Å². The lowest BCUT2D eigenvalue weighted by Crippen LogP contribution is -2.20. The topological polar surface area (TPSA) is 52.3 Å². The smallest absolute Gasteiger partial charge is 0.422 e. The molecule has 0 atom stereocenters. The van der Waals surface area contributed by atoms with Crippen LogP contribution in [0.4, 0.5) is 23.2 Å². The van der Waals surface area contributed by atoms with Crippen LogP contribution in [0.25, 0.3) is 0 Å². The van der Waals surface area contributed by atoms with E-state index in [1.165, 1.54) is 0 Å². The van der Waals surface area contributed by atoms with Crippen molar-refractivity contribution in [2.45, 2.75) is 6.18 Å². The zero-order chi connectivity index (χ0) is 12.3. The standard InChI is InChI=1S/C9H7F4NO2/c10-6-1-5(2-7(14)3-6)8(15)16-4-9(11,12)13/h1-3H,4,14H2. The SMILES string of the molecule is Nc1cc(F)cc(C(=O)OCC(F)(F)F)c1. The van der Waals surface area contributed by atoms with Gasteiger partial charge >= 0.3 is 12.1 Å². The van der Waals surface area contributed by atoms with Crippen molar-refractivity contribution in [1.29, 1.82) is 0 Å². The van der Waals surface area contributed by atoms with Crippen LogP contribution >= 0.6 is 0 Å². The molecule has 1 aromatic carbocycles. The third kappa shape index (κ3) is 3.76. The van der Waals surface area contributed by atoms with Gasteiger partial charge in [-0.05, 0) is 18.2 Å². The summed E-state index contributed by atoms with van der Waals surface area (Å²) >= 11 is 0. The van der Waals surface area contributed by atoms with Crippen molar-refractivity contribution in [3.8, 4) is 0 Å². The number of hydrogen-bond donors (Lipinski definition) is 1. The summed E-state index contributed by atoms with van der Waals surface area (Å²) in [6.45, 7) is -1.72. The number of nitrogen functional groups attached to an aromatic ring is 1. The van der Waals surface area contributed by atoms with E-state index in [0.29, 0.717) is 0 Å². The molecule has 0 heterocycles. The Morgan fingerprint density at radius 3 is 2.44 bits per heavy atom. The van der Waals surface area contributed by atoms with Crippen LogP contribution in [0.2, 0.25) is 0 Å². The van der Waals surface area contributed by atoms with Crippen LogP contribution in [0.5, 0.6) is 0 Å². The highest BCUT2D eigenvalue weighted by Gasteiger charge is 2.29. The highest BCUT2D eigenvalue weighted by Crippen LogP contribution is 2.17. The van der Waals surface area contributed by atoms with E-state index in [-0.39, 0.29) is 11.3 Å². The Hall–Kier alpha value is -1.79. The molecular weight excluding hydrogens is 230 g/mol. The molecule has 0 aliphatic rings. The molecule has 0 bridgehead atoms. The number of esters is 1. The van der Waals surface area contributed by atoms with Crippen molar-refractivity contribution >= 4 is 11.7 Å². The van der Waals surface area contributed by atoms with Gasteiger partial charge < -0.3 is 10.5 Å². The van der Waals surface area contributed by atoms with E-state index in [2.05, 4.69) is 4.74 Å². The lowest BCUT2D eigenvalue weighted by Gasteiger charge is -2.08. The predicted molar refractivity (Wildman–Crippen MR) is 47.1 cm³/mol. The van der Waals surface area contributed by atoms with Crippen molar-refractivity contribution in [3.63, 3.8) is 0 Å². The van der Waals surface area contributed by atoms with Gasteiger partial charge in [0.25, 0.3) is 0 Å². The summed E-state index contributed by atoms with van der Waals surface area (Å²) in [5.41, 5.74) is 4.78. The summed E-state index contributed by atoms with van der Waals surface area (Å²) in [6, 6.07) is 2.71. The molecule has 0 radical (unpaired) electrons. The summed E-state index contributed by atoms with van der Waals surface area (Å²) < 4.78 is 51.8. The Balaban J connectivity index is 2.73. The second-order valence-electron chi connectivity index (χ2n) is 2.96. The van der Waals surface area contributed by atoms with E-state index < -0.39 is 24.6 Å². The van der Waals surface area contributed by atoms with E-state index in [0.717, 1.165) is 18.2 Å². The fourth-order valence-electron chi connectivity index (χ4n) is 0.961.